The van der Waals surface area contributed by atoms with Crippen LogP contribution in [0.5, 0.6) is 11.5 Å². The van der Waals surface area contributed by atoms with Crippen LogP contribution in [-0.4, -0.2) is 12.1 Å². The van der Waals surface area contributed by atoms with E-state index in [2.05, 4.69) is 61.9 Å². The van der Waals surface area contributed by atoms with Gasteiger partial charge in [0.05, 0.1) is 6.61 Å². The van der Waals surface area contributed by atoms with Crippen molar-refractivity contribution in [2.75, 3.05) is 6.61 Å². The van der Waals surface area contributed by atoms with Crippen molar-refractivity contribution in [2.45, 2.75) is 66.7 Å². The van der Waals surface area contributed by atoms with Crippen LogP contribution in [0.4, 0.5) is 0 Å². The first kappa shape index (κ1) is 24.0. The number of nitrogens with one attached hydrogen (secondary N) is 1. The Labute approximate surface area is 189 Å². The second kappa shape index (κ2) is 10.2. The topological polar surface area (TPSA) is 30.5 Å². The quantitative estimate of drug-likeness (QED) is 0.404. The zero-order valence-corrected chi connectivity index (χ0v) is 20.7. The molecule has 0 aliphatic rings. The van der Waals surface area contributed by atoms with Crippen molar-refractivity contribution in [3.05, 3.63) is 57.0 Å². The van der Waals surface area contributed by atoms with Crippen molar-refractivity contribution in [3.63, 3.8) is 0 Å². The molecular weight excluding hydrogens is 450 g/mol. The molecule has 0 radical (unpaired) electrons. The van der Waals surface area contributed by atoms with E-state index in [0.717, 1.165) is 40.1 Å². The van der Waals surface area contributed by atoms with Gasteiger partial charge in [-0.25, -0.2) is 0 Å². The molecule has 0 amide bonds. The molecule has 0 atom stereocenters. The predicted molar refractivity (Wildman–Crippen MR) is 126 cm³/mol. The molecular formula is C24H33BrClNO2. The first-order valence-electron chi connectivity index (χ1n) is 10.1. The minimum atomic E-state index is 0.0330. The first-order chi connectivity index (χ1) is 13.5. The Balaban J connectivity index is 2.14. The van der Waals surface area contributed by atoms with Gasteiger partial charge in [-0.2, -0.15) is 0 Å². The highest BCUT2D eigenvalue weighted by molar-refractivity contribution is 9.10. The minimum Gasteiger partial charge on any atom is -0.490 e. The maximum atomic E-state index is 6.07. The fourth-order valence-electron chi connectivity index (χ4n) is 3.60. The maximum absolute atomic E-state index is 6.07. The molecule has 0 aromatic heterocycles. The van der Waals surface area contributed by atoms with Crippen LogP contribution in [0.25, 0.3) is 0 Å². The van der Waals surface area contributed by atoms with Crippen LogP contribution in [0.2, 0.25) is 5.02 Å². The van der Waals surface area contributed by atoms with E-state index >= 15 is 0 Å². The third-order valence-corrected chi connectivity index (χ3v) is 5.40. The maximum Gasteiger partial charge on any atom is 0.162 e. The summed E-state index contributed by atoms with van der Waals surface area (Å²) in [5, 5.41) is 4.39. The average molecular weight is 483 g/mol. The number of halogens is 2. The molecule has 2 aromatic rings. The monoisotopic (exact) mass is 481 g/mol. The van der Waals surface area contributed by atoms with Gasteiger partial charge in [-0.15, -0.1) is 0 Å². The van der Waals surface area contributed by atoms with E-state index in [1.807, 2.05) is 37.3 Å². The van der Waals surface area contributed by atoms with Crippen LogP contribution >= 0.6 is 27.5 Å². The highest BCUT2D eigenvalue weighted by Gasteiger charge is 2.25. The van der Waals surface area contributed by atoms with Gasteiger partial charge in [-0.3, -0.25) is 0 Å². The standard InChI is InChI=1S/C24H33BrClNO2/c1-7-28-21-12-18(14-27-24(5,6)16-23(2,3)4)20(25)13-22(21)29-15-17-9-8-10-19(26)11-17/h8-13,27H,7,14-16H2,1-6H3. The molecule has 0 spiro atoms. The third-order valence-electron chi connectivity index (χ3n) is 4.43. The van der Waals surface area contributed by atoms with Crippen LogP contribution in [0.3, 0.4) is 0 Å². The van der Waals surface area contributed by atoms with Gasteiger partial charge < -0.3 is 14.8 Å². The summed E-state index contributed by atoms with van der Waals surface area (Å²) in [6.45, 7) is 15.0. The lowest BCUT2D eigenvalue weighted by molar-refractivity contribution is 0.240. The Kier molecular flexibility index (Phi) is 8.45. The molecule has 1 N–H and O–H groups in total. The molecule has 0 aliphatic heterocycles. The molecule has 0 heterocycles. The summed E-state index contributed by atoms with van der Waals surface area (Å²) in [5.74, 6) is 1.47. The van der Waals surface area contributed by atoms with Gasteiger partial charge >= 0.3 is 0 Å². The Bertz CT molecular complexity index is 815. The summed E-state index contributed by atoms with van der Waals surface area (Å²) in [4.78, 5) is 0. The molecule has 0 unspecified atom stereocenters. The number of ether oxygens (including phenoxy) is 2. The van der Waals surface area contributed by atoms with Crippen LogP contribution < -0.4 is 14.8 Å². The fourth-order valence-corrected chi connectivity index (χ4v) is 4.28. The van der Waals surface area contributed by atoms with E-state index in [1.54, 1.807) is 0 Å². The van der Waals surface area contributed by atoms with Gasteiger partial charge in [-0.1, -0.05) is 60.4 Å². The molecule has 2 rings (SSSR count). The van der Waals surface area contributed by atoms with Gasteiger partial charge in [0.25, 0.3) is 0 Å². The minimum absolute atomic E-state index is 0.0330. The van der Waals surface area contributed by atoms with Gasteiger partial charge in [0.1, 0.15) is 6.61 Å². The van der Waals surface area contributed by atoms with Crippen molar-refractivity contribution in [3.8, 4) is 11.5 Å². The molecule has 2 aromatic carbocycles. The molecule has 0 saturated carbocycles. The number of hydrogen-bond acceptors (Lipinski definition) is 3. The lowest BCUT2D eigenvalue weighted by Gasteiger charge is -2.33. The molecule has 3 nitrogen and oxygen atoms in total. The van der Waals surface area contributed by atoms with Crippen molar-refractivity contribution in [1.82, 2.24) is 5.32 Å². The summed E-state index contributed by atoms with van der Waals surface area (Å²) in [5.41, 5.74) is 2.46. The number of hydrogen-bond donors (Lipinski definition) is 1. The lowest BCUT2D eigenvalue weighted by Crippen LogP contribution is -2.41. The second-order valence-electron chi connectivity index (χ2n) is 9.22. The van der Waals surface area contributed by atoms with Crippen LogP contribution in [-0.2, 0) is 13.2 Å². The molecule has 5 heteroatoms. The molecule has 29 heavy (non-hydrogen) atoms. The zero-order chi connectivity index (χ0) is 21.7. The summed E-state index contributed by atoms with van der Waals surface area (Å²) >= 11 is 9.77. The summed E-state index contributed by atoms with van der Waals surface area (Å²) in [6.07, 6.45) is 1.08. The molecule has 0 saturated heterocycles. The van der Waals surface area contributed by atoms with Crippen molar-refractivity contribution in [2.24, 2.45) is 5.41 Å². The normalized spacial score (nSPS) is 12.1. The van der Waals surface area contributed by atoms with Crippen molar-refractivity contribution >= 4 is 27.5 Å². The smallest absolute Gasteiger partial charge is 0.162 e. The number of benzene rings is 2. The first-order valence-corrected chi connectivity index (χ1v) is 11.2. The SMILES string of the molecule is CCOc1cc(CNC(C)(C)CC(C)(C)C)c(Br)cc1OCc1cccc(Cl)c1. The van der Waals surface area contributed by atoms with E-state index in [1.165, 1.54) is 0 Å². The largest absolute Gasteiger partial charge is 0.490 e. The Morgan fingerprint density at radius 3 is 2.31 bits per heavy atom. The van der Waals surface area contributed by atoms with Crippen LogP contribution in [0, 0.1) is 5.41 Å². The van der Waals surface area contributed by atoms with Crippen molar-refractivity contribution in [1.29, 1.82) is 0 Å². The predicted octanol–water partition coefficient (Wildman–Crippen LogP) is 7.38. The van der Waals surface area contributed by atoms with Gasteiger partial charge in [-0.05, 0) is 68.0 Å². The highest BCUT2D eigenvalue weighted by atomic mass is 79.9. The Morgan fingerprint density at radius 1 is 1.00 bits per heavy atom. The summed E-state index contributed by atoms with van der Waals surface area (Å²) in [7, 11) is 0. The van der Waals surface area contributed by atoms with Gasteiger partial charge in [0, 0.05) is 21.6 Å². The van der Waals surface area contributed by atoms with E-state index in [9.17, 15) is 0 Å². The zero-order valence-electron chi connectivity index (χ0n) is 18.4. The highest BCUT2D eigenvalue weighted by Crippen LogP contribution is 2.35. The summed E-state index contributed by atoms with van der Waals surface area (Å²) in [6, 6.07) is 11.7. The number of rotatable bonds is 9. The fraction of sp³-hybridized carbons (Fsp3) is 0.500. The Morgan fingerprint density at radius 2 is 1.69 bits per heavy atom. The molecule has 0 bridgehead atoms. The van der Waals surface area contributed by atoms with Gasteiger partial charge in [0.2, 0.25) is 0 Å². The van der Waals surface area contributed by atoms with Crippen molar-refractivity contribution < 1.29 is 9.47 Å². The Hall–Kier alpha value is -1.23. The van der Waals surface area contributed by atoms with E-state index < -0.39 is 0 Å². The van der Waals surface area contributed by atoms with E-state index in [0.29, 0.717) is 18.2 Å². The summed E-state index contributed by atoms with van der Waals surface area (Å²) < 4.78 is 12.9. The van der Waals surface area contributed by atoms with E-state index in [4.69, 9.17) is 21.1 Å². The average Bonchev–Trinajstić information content (AvgIpc) is 2.58. The van der Waals surface area contributed by atoms with E-state index in [-0.39, 0.29) is 11.0 Å². The van der Waals surface area contributed by atoms with Crippen LogP contribution in [0.1, 0.15) is 59.1 Å². The molecule has 160 valence electrons. The lowest BCUT2D eigenvalue weighted by atomic mass is 9.82. The van der Waals surface area contributed by atoms with Crippen LogP contribution in [0.15, 0.2) is 40.9 Å². The van der Waals surface area contributed by atoms with Gasteiger partial charge in [0.15, 0.2) is 11.5 Å². The molecule has 0 fully saturated rings. The molecule has 0 aliphatic carbocycles. The third kappa shape index (κ3) is 8.19. The second-order valence-corrected chi connectivity index (χ2v) is 10.5.